The molecule has 8 heteroatoms. The van der Waals surface area contributed by atoms with Crippen LogP contribution >= 0.6 is 0 Å². The van der Waals surface area contributed by atoms with E-state index in [0.29, 0.717) is 6.04 Å². The van der Waals surface area contributed by atoms with Crippen LogP contribution in [0.5, 0.6) is 0 Å². The third kappa shape index (κ3) is 4.64. The second kappa shape index (κ2) is 8.05. The third-order valence-corrected chi connectivity index (χ3v) is 5.11. The van der Waals surface area contributed by atoms with Gasteiger partial charge in [0.05, 0.1) is 0 Å². The van der Waals surface area contributed by atoms with E-state index in [1.54, 1.807) is 6.08 Å². The molecule has 0 aromatic rings. The molecule has 0 aromatic carbocycles. The highest BCUT2D eigenvalue weighted by atomic mass is 16.6. The van der Waals surface area contributed by atoms with Gasteiger partial charge in [0, 0.05) is 51.4 Å². The number of azo groups is 1. The fourth-order valence-corrected chi connectivity index (χ4v) is 3.45. The molecule has 138 valence electrons. The Morgan fingerprint density at radius 3 is 2.40 bits per heavy atom. The van der Waals surface area contributed by atoms with Crippen molar-refractivity contribution in [3.63, 3.8) is 0 Å². The highest BCUT2D eigenvalue weighted by Gasteiger charge is 2.29. The minimum absolute atomic E-state index is 0.0435. The maximum atomic E-state index is 12.4. The van der Waals surface area contributed by atoms with Crippen LogP contribution in [0.3, 0.4) is 0 Å². The largest absolute Gasteiger partial charge is 0.446 e. The number of carbonyl (C=O) groups is 2. The molecule has 3 aliphatic heterocycles. The smallest absolute Gasteiger partial charge is 0.410 e. The van der Waals surface area contributed by atoms with Gasteiger partial charge in [-0.3, -0.25) is 14.6 Å². The summed E-state index contributed by atoms with van der Waals surface area (Å²) < 4.78 is 5.69. The lowest BCUT2D eigenvalue weighted by Crippen LogP contribution is -2.51. The van der Waals surface area contributed by atoms with E-state index in [1.807, 2.05) is 4.90 Å². The Morgan fingerprint density at radius 1 is 1.16 bits per heavy atom. The van der Waals surface area contributed by atoms with Gasteiger partial charge in [-0.1, -0.05) is 0 Å². The SMILES string of the molecule is CC(C)N1CCN(C(=O)OC2CCN(C3C=CC(=O)N=N3)CC2)CC1. The van der Waals surface area contributed by atoms with Crippen molar-refractivity contribution in [2.75, 3.05) is 39.3 Å². The number of carbonyl (C=O) groups excluding carboxylic acids is 2. The third-order valence-electron chi connectivity index (χ3n) is 5.11. The Balaban J connectivity index is 1.40. The number of amides is 2. The van der Waals surface area contributed by atoms with E-state index >= 15 is 0 Å². The first kappa shape index (κ1) is 18.0. The van der Waals surface area contributed by atoms with E-state index < -0.39 is 0 Å². The van der Waals surface area contributed by atoms with Gasteiger partial charge in [0.15, 0.2) is 0 Å². The maximum absolute atomic E-state index is 12.4. The molecule has 0 bridgehead atoms. The fraction of sp³-hybridized carbons (Fsp3) is 0.765. The topological polar surface area (TPSA) is 77.8 Å². The molecule has 0 saturated carbocycles. The van der Waals surface area contributed by atoms with Crippen LogP contribution in [0.1, 0.15) is 26.7 Å². The van der Waals surface area contributed by atoms with Crippen molar-refractivity contribution in [3.05, 3.63) is 12.2 Å². The zero-order valence-electron chi connectivity index (χ0n) is 15.0. The number of hydrogen-bond acceptors (Lipinski definition) is 6. The normalized spacial score (nSPS) is 26.4. The summed E-state index contributed by atoms with van der Waals surface area (Å²) in [4.78, 5) is 29.7. The van der Waals surface area contributed by atoms with Crippen LogP contribution in [0.2, 0.25) is 0 Å². The number of ether oxygens (including phenoxy) is 1. The van der Waals surface area contributed by atoms with Crippen molar-refractivity contribution in [2.45, 2.75) is 45.0 Å². The molecule has 0 aromatic heterocycles. The molecule has 2 fully saturated rings. The molecule has 3 aliphatic rings. The number of rotatable bonds is 3. The van der Waals surface area contributed by atoms with Crippen LogP contribution in [0.25, 0.3) is 0 Å². The maximum Gasteiger partial charge on any atom is 0.410 e. The molecule has 0 radical (unpaired) electrons. The fourth-order valence-electron chi connectivity index (χ4n) is 3.45. The Labute approximate surface area is 148 Å². The number of nitrogens with zero attached hydrogens (tertiary/aromatic N) is 5. The average molecular weight is 349 g/mol. The zero-order valence-corrected chi connectivity index (χ0v) is 15.0. The van der Waals surface area contributed by atoms with Gasteiger partial charge in [-0.15, -0.1) is 5.11 Å². The number of hydrogen-bond donors (Lipinski definition) is 0. The van der Waals surface area contributed by atoms with Crippen LogP contribution in [-0.2, 0) is 9.53 Å². The van der Waals surface area contributed by atoms with Crippen molar-refractivity contribution in [2.24, 2.45) is 10.2 Å². The number of likely N-dealkylation sites (tertiary alicyclic amines) is 1. The summed E-state index contributed by atoms with van der Waals surface area (Å²) in [5.41, 5.74) is 0. The van der Waals surface area contributed by atoms with E-state index in [-0.39, 0.29) is 24.3 Å². The first-order valence-corrected chi connectivity index (χ1v) is 9.09. The minimum atomic E-state index is -0.308. The summed E-state index contributed by atoms with van der Waals surface area (Å²) in [5.74, 6) is -0.308. The zero-order chi connectivity index (χ0) is 17.8. The Hall–Kier alpha value is -1.80. The molecule has 1 atom stereocenters. The highest BCUT2D eigenvalue weighted by Crippen LogP contribution is 2.20. The minimum Gasteiger partial charge on any atom is -0.446 e. The molecule has 3 rings (SSSR count). The summed E-state index contributed by atoms with van der Waals surface area (Å²) in [6.45, 7) is 9.19. The quantitative estimate of drug-likeness (QED) is 0.771. The van der Waals surface area contributed by atoms with Crippen molar-refractivity contribution in [1.29, 1.82) is 0 Å². The molecule has 1 unspecified atom stereocenters. The number of piperidine rings is 1. The van der Waals surface area contributed by atoms with Crippen molar-refractivity contribution >= 4 is 12.0 Å². The van der Waals surface area contributed by atoms with Crippen LogP contribution in [0, 0.1) is 0 Å². The highest BCUT2D eigenvalue weighted by molar-refractivity contribution is 5.88. The van der Waals surface area contributed by atoms with Crippen LogP contribution < -0.4 is 0 Å². The van der Waals surface area contributed by atoms with Crippen molar-refractivity contribution in [3.8, 4) is 0 Å². The van der Waals surface area contributed by atoms with Crippen LogP contribution in [0.15, 0.2) is 22.4 Å². The van der Waals surface area contributed by atoms with Gasteiger partial charge in [-0.2, -0.15) is 5.11 Å². The van der Waals surface area contributed by atoms with Crippen LogP contribution in [0.4, 0.5) is 4.79 Å². The molecule has 0 spiro atoms. The van der Waals surface area contributed by atoms with Gasteiger partial charge in [0.2, 0.25) is 0 Å². The second-order valence-electron chi connectivity index (χ2n) is 7.06. The molecule has 25 heavy (non-hydrogen) atoms. The van der Waals surface area contributed by atoms with E-state index in [1.165, 1.54) is 6.08 Å². The standard InChI is InChI=1S/C17H27N5O3/c1-13(2)20-9-11-22(12-10-20)17(24)25-14-5-7-21(8-6-14)15-3-4-16(23)19-18-15/h3-4,13-15H,5-12H2,1-2H3. The summed E-state index contributed by atoms with van der Waals surface area (Å²) in [7, 11) is 0. The lowest BCUT2D eigenvalue weighted by Gasteiger charge is -2.38. The molecular weight excluding hydrogens is 322 g/mol. The number of piperazine rings is 1. The van der Waals surface area contributed by atoms with Crippen LogP contribution in [-0.4, -0.2) is 84.3 Å². The Morgan fingerprint density at radius 2 is 1.84 bits per heavy atom. The molecular formula is C17H27N5O3. The van der Waals surface area contributed by atoms with Crippen molar-refractivity contribution in [1.82, 2.24) is 14.7 Å². The monoisotopic (exact) mass is 349 g/mol. The predicted molar refractivity (Wildman–Crippen MR) is 92.1 cm³/mol. The van der Waals surface area contributed by atoms with Crippen molar-refractivity contribution < 1.29 is 14.3 Å². The second-order valence-corrected chi connectivity index (χ2v) is 7.06. The predicted octanol–water partition coefficient (Wildman–Crippen LogP) is 1.49. The molecule has 2 amide bonds. The first-order chi connectivity index (χ1) is 12.0. The van der Waals surface area contributed by atoms with E-state index in [0.717, 1.165) is 52.1 Å². The average Bonchev–Trinajstić information content (AvgIpc) is 2.63. The summed E-state index contributed by atoms with van der Waals surface area (Å²) in [5, 5.41) is 7.60. The summed E-state index contributed by atoms with van der Waals surface area (Å²) in [6, 6.07) is 0.517. The van der Waals surface area contributed by atoms with E-state index in [9.17, 15) is 9.59 Å². The lowest BCUT2D eigenvalue weighted by atomic mass is 10.1. The van der Waals surface area contributed by atoms with E-state index in [2.05, 4.69) is 33.9 Å². The first-order valence-electron chi connectivity index (χ1n) is 9.09. The van der Waals surface area contributed by atoms with Gasteiger partial charge in [0.1, 0.15) is 12.3 Å². The van der Waals surface area contributed by atoms with Gasteiger partial charge >= 0.3 is 6.09 Å². The van der Waals surface area contributed by atoms with Gasteiger partial charge in [-0.05, 0) is 32.8 Å². The molecule has 8 nitrogen and oxygen atoms in total. The molecule has 3 heterocycles. The van der Waals surface area contributed by atoms with Gasteiger partial charge in [-0.25, -0.2) is 4.79 Å². The molecule has 0 N–H and O–H groups in total. The van der Waals surface area contributed by atoms with E-state index in [4.69, 9.17) is 4.74 Å². The molecule has 2 saturated heterocycles. The summed E-state index contributed by atoms with van der Waals surface area (Å²) >= 11 is 0. The summed E-state index contributed by atoms with van der Waals surface area (Å²) in [6.07, 6.45) is 4.40. The molecule has 0 aliphatic carbocycles. The van der Waals surface area contributed by atoms with Gasteiger partial charge < -0.3 is 9.64 Å². The Bertz CT molecular complexity index is 530. The van der Waals surface area contributed by atoms with Gasteiger partial charge in [0.25, 0.3) is 5.91 Å². The lowest BCUT2D eigenvalue weighted by molar-refractivity contribution is -0.114. The Kier molecular flexibility index (Phi) is 5.80.